The number of anilines is 1. The molecule has 0 aromatic heterocycles. The van der Waals surface area contributed by atoms with Crippen LogP contribution in [0.2, 0.25) is 0 Å². The van der Waals surface area contributed by atoms with Crippen molar-refractivity contribution >= 4 is 35.1 Å². The Bertz CT molecular complexity index is 3610. The zero-order chi connectivity index (χ0) is 51.7. The maximum absolute atomic E-state index is 6.67. The third-order valence-electron chi connectivity index (χ3n) is 14.1. The topological polar surface area (TPSA) is 37.2 Å². The smallest absolute Gasteiger partial charge is 0.132 e. The maximum atomic E-state index is 6.67. The van der Waals surface area contributed by atoms with Crippen molar-refractivity contribution in [1.82, 2.24) is 0 Å². The molecular weight excluding hydrogens is 911 g/mol. The van der Waals surface area contributed by atoms with Gasteiger partial charge in [0.15, 0.2) is 0 Å². The molecule has 2 aliphatic rings. The first-order valence-electron chi connectivity index (χ1n) is 25.4. The van der Waals surface area contributed by atoms with Crippen molar-refractivity contribution in [2.24, 2.45) is 9.98 Å². The lowest BCUT2D eigenvalue weighted by molar-refractivity contribution is 0.436. The minimum atomic E-state index is -0.640. The van der Waals surface area contributed by atoms with Crippen molar-refractivity contribution in [2.75, 3.05) is 4.90 Å². The van der Waals surface area contributed by atoms with E-state index in [4.69, 9.17) is 9.73 Å². The van der Waals surface area contributed by atoms with Crippen LogP contribution in [0.4, 0.5) is 11.4 Å². The largest absolute Gasteiger partial charge is 0.457 e. The third kappa shape index (κ3) is 10.1. The Morgan fingerprint density at radius 3 is 1.73 bits per heavy atom. The van der Waals surface area contributed by atoms with Gasteiger partial charge in [-0.25, -0.2) is 0 Å². The van der Waals surface area contributed by atoms with Gasteiger partial charge in [-0.3, -0.25) is 9.98 Å². The summed E-state index contributed by atoms with van der Waals surface area (Å²) in [5, 5.41) is 0. The molecule has 0 N–H and O–H groups in total. The highest BCUT2D eigenvalue weighted by Gasteiger charge is 2.51. The minimum absolute atomic E-state index is 0.640. The van der Waals surface area contributed by atoms with E-state index in [1.807, 2.05) is 80.6 Å². The van der Waals surface area contributed by atoms with E-state index in [0.717, 1.165) is 85.4 Å². The summed E-state index contributed by atoms with van der Waals surface area (Å²) in [7, 11) is 0. The van der Waals surface area contributed by atoms with E-state index < -0.39 is 5.41 Å². The molecule has 4 heteroatoms. The van der Waals surface area contributed by atoms with Gasteiger partial charge in [0.1, 0.15) is 11.5 Å². The highest BCUT2D eigenvalue weighted by Crippen LogP contribution is 2.62. The Balaban J connectivity index is 0.000000647. The minimum Gasteiger partial charge on any atom is -0.457 e. The number of benzene rings is 9. The molecule has 0 amide bonds. The van der Waals surface area contributed by atoms with Gasteiger partial charge in [-0.15, -0.1) is 0 Å². The summed E-state index contributed by atoms with van der Waals surface area (Å²) in [4.78, 5) is 11.7. The second-order valence-electron chi connectivity index (χ2n) is 18.9. The van der Waals surface area contributed by atoms with Crippen LogP contribution in [-0.2, 0) is 18.4 Å². The number of hydrogen-bond donors (Lipinski definition) is 0. The molecule has 1 aliphatic carbocycles. The number of fused-ring (bicyclic) bond motifs is 9. The number of ether oxygens (including phenoxy) is 1. The standard InChI is InChI=1S/C62H49N3O.C9H10/c1-5-19-51(65(42-46-20-8-6-9-21-46)59-29-15-14-28-58(59)63-4)25-18-22-45-32-34-48(35-33-45)50-37-39-53-52-38-36-49(44(3)64-43(2)47-23-10-7-11-24-47)40-56(52)62(57(53)41-50)54-26-12-16-30-60(54)66-61-31-17-13-27-55(61)62;1-8(2)9-6-4-3-5-7-9/h5-21,23-41H,1,3-4,22,42H2,2H3;3-7H,1H2,2H3/b25-18-,51-19+,64-43?;. The van der Waals surface area contributed by atoms with Gasteiger partial charge >= 0.3 is 0 Å². The number of aliphatic imine (C=N–C) groups is 2. The monoisotopic (exact) mass is 969 g/mol. The molecule has 0 saturated carbocycles. The Morgan fingerprint density at radius 2 is 1.11 bits per heavy atom. The predicted octanol–water partition coefficient (Wildman–Crippen LogP) is 18.2. The summed E-state index contributed by atoms with van der Waals surface area (Å²) in [6.45, 7) is 21.0. The highest BCUT2D eigenvalue weighted by molar-refractivity contribution is 6.02. The van der Waals surface area contributed by atoms with Crippen LogP contribution in [0.3, 0.4) is 0 Å². The van der Waals surface area contributed by atoms with Crippen LogP contribution in [-0.4, -0.2) is 12.4 Å². The van der Waals surface area contributed by atoms with Gasteiger partial charge in [0, 0.05) is 29.1 Å². The normalized spacial score (nSPS) is 12.8. The average Bonchev–Trinajstić information content (AvgIpc) is 3.75. The van der Waals surface area contributed by atoms with Crippen molar-refractivity contribution < 1.29 is 4.74 Å². The number of hydrogen-bond acceptors (Lipinski definition) is 4. The van der Waals surface area contributed by atoms with Crippen LogP contribution >= 0.6 is 0 Å². The molecule has 4 nitrogen and oxygen atoms in total. The third-order valence-corrected chi connectivity index (χ3v) is 14.1. The van der Waals surface area contributed by atoms with E-state index in [1.165, 1.54) is 38.9 Å². The van der Waals surface area contributed by atoms with Crippen LogP contribution < -0.4 is 9.64 Å². The summed E-state index contributed by atoms with van der Waals surface area (Å²) in [6, 6.07) is 78.7. The van der Waals surface area contributed by atoms with Crippen LogP contribution in [0.1, 0.15) is 63.9 Å². The highest BCUT2D eigenvalue weighted by atomic mass is 16.5. The molecule has 11 rings (SSSR count). The van der Waals surface area contributed by atoms with E-state index >= 15 is 0 Å². The van der Waals surface area contributed by atoms with Gasteiger partial charge < -0.3 is 9.64 Å². The zero-order valence-electron chi connectivity index (χ0n) is 42.7. The molecule has 0 unspecified atom stereocenters. The van der Waals surface area contributed by atoms with E-state index in [1.54, 1.807) is 0 Å². The lowest BCUT2D eigenvalue weighted by atomic mass is 9.65. The Hall–Kier alpha value is -9.38. The molecule has 1 aliphatic heterocycles. The van der Waals surface area contributed by atoms with E-state index in [-0.39, 0.29) is 0 Å². The van der Waals surface area contributed by atoms with Gasteiger partial charge in [-0.2, -0.15) is 0 Å². The van der Waals surface area contributed by atoms with Gasteiger partial charge in [-0.1, -0.05) is 226 Å². The number of nitrogens with zero attached hydrogens (tertiary/aromatic N) is 3. The van der Waals surface area contributed by atoms with Crippen LogP contribution in [0.5, 0.6) is 11.5 Å². The van der Waals surface area contributed by atoms with Gasteiger partial charge in [-0.05, 0) is 137 Å². The lowest BCUT2D eigenvalue weighted by Crippen LogP contribution is -2.32. The van der Waals surface area contributed by atoms with Crippen molar-refractivity contribution in [3.63, 3.8) is 0 Å². The average molecular weight is 970 g/mol. The predicted molar refractivity (Wildman–Crippen MR) is 317 cm³/mol. The molecule has 75 heavy (non-hydrogen) atoms. The molecule has 9 aromatic rings. The first kappa shape index (κ1) is 49.2. The molecule has 1 spiro atoms. The van der Waals surface area contributed by atoms with Crippen LogP contribution in [0, 0.1) is 0 Å². The van der Waals surface area contributed by atoms with Crippen molar-refractivity contribution in [2.45, 2.75) is 32.2 Å². The fourth-order valence-corrected chi connectivity index (χ4v) is 10.4. The van der Waals surface area contributed by atoms with E-state index in [0.29, 0.717) is 6.54 Å². The number of para-hydroxylation sites is 4. The van der Waals surface area contributed by atoms with Crippen molar-refractivity contribution in [3.05, 3.63) is 324 Å². The summed E-state index contributed by atoms with van der Waals surface area (Å²) in [6.07, 6.45) is 9.05. The fraction of sp³-hybridized carbons (Fsp3) is 0.0704. The fourth-order valence-electron chi connectivity index (χ4n) is 10.4. The molecule has 0 radical (unpaired) electrons. The maximum Gasteiger partial charge on any atom is 0.132 e. The van der Waals surface area contributed by atoms with Gasteiger partial charge in [0.25, 0.3) is 0 Å². The summed E-state index contributed by atoms with van der Waals surface area (Å²) < 4.78 is 6.67. The molecule has 9 aromatic carbocycles. The molecule has 0 atom stereocenters. The van der Waals surface area contributed by atoms with Crippen molar-refractivity contribution in [3.8, 4) is 33.8 Å². The first-order valence-corrected chi connectivity index (χ1v) is 25.4. The van der Waals surface area contributed by atoms with Gasteiger partial charge in [0.05, 0.1) is 22.5 Å². The SMILES string of the molecule is C=C(C)c1ccccc1.C=C/C=C(\C=C/Cc1ccc(-c2ccc3c(c2)C2(c4ccccc4Oc4ccccc42)c2cc(C(=C)N=C(C)c4ccccc4)ccc2-3)cc1)N(Cc1ccccc1)c1ccccc1N=C. The van der Waals surface area contributed by atoms with E-state index in [9.17, 15) is 0 Å². The summed E-state index contributed by atoms with van der Waals surface area (Å²) in [5.41, 5.74) is 20.0. The first-order chi connectivity index (χ1) is 36.8. The van der Waals surface area contributed by atoms with Crippen LogP contribution in [0.25, 0.3) is 33.5 Å². The van der Waals surface area contributed by atoms with E-state index in [2.05, 4.69) is 218 Å². The molecule has 0 saturated heterocycles. The molecule has 0 bridgehead atoms. The Morgan fingerprint density at radius 1 is 0.547 bits per heavy atom. The zero-order valence-corrected chi connectivity index (χ0v) is 42.7. The quantitative estimate of drug-likeness (QED) is 0.0804. The second-order valence-corrected chi connectivity index (χ2v) is 18.9. The van der Waals surface area contributed by atoms with Crippen LogP contribution in [0.15, 0.2) is 284 Å². The lowest BCUT2D eigenvalue weighted by Gasteiger charge is -2.39. The Labute approximate surface area is 442 Å². The second kappa shape index (κ2) is 22.2. The number of rotatable bonds is 14. The molecule has 364 valence electrons. The van der Waals surface area contributed by atoms with Gasteiger partial charge in [0.2, 0.25) is 0 Å². The number of allylic oxidation sites excluding steroid dienone is 5. The summed E-state index contributed by atoms with van der Waals surface area (Å²) in [5.74, 6) is 1.71. The van der Waals surface area contributed by atoms with Crippen molar-refractivity contribution in [1.29, 1.82) is 0 Å². The molecule has 0 fully saturated rings. The molecule has 1 heterocycles. The Kier molecular flexibility index (Phi) is 14.5. The summed E-state index contributed by atoms with van der Waals surface area (Å²) >= 11 is 0. The molecular formula is C71H59N3O.